The molecule has 6 heterocycles. The first-order chi connectivity index (χ1) is 16.6. The topological polar surface area (TPSA) is 104 Å². The number of morpholine rings is 1. The SMILES string of the molecule is CC(C)Nc1cc(-c2ccc3cc(C#N)cnn23)ncc1-c1nnc(N2C3CCC2COC3)s1. The lowest BCUT2D eigenvalue weighted by molar-refractivity contribution is 0.0905. The first-order valence-corrected chi connectivity index (χ1v) is 12.3. The van der Waals surface area contributed by atoms with E-state index in [1.165, 1.54) is 0 Å². The second kappa shape index (κ2) is 8.34. The summed E-state index contributed by atoms with van der Waals surface area (Å²) in [4.78, 5) is 7.16. The summed E-state index contributed by atoms with van der Waals surface area (Å²) in [6.45, 7) is 5.74. The molecular weight excluding hydrogens is 448 g/mol. The second-order valence-corrected chi connectivity index (χ2v) is 10.0. The third-order valence-electron chi connectivity index (χ3n) is 6.35. The van der Waals surface area contributed by atoms with Crippen molar-refractivity contribution >= 4 is 27.7 Å². The third kappa shape index (κ3) is 3.57. The van der Waals surface area contributed by atoms with Gasteiger partial charge < -0.3 is 15.0 Å². The van der Waals surface area contributed by atoms with Crippen molar-refractivity contribution in [2.45, 2.75) is 44.8 Å². The van der Waals surface area contributed by atoms with Crippen LogP contribution < -0.4 is 10.2 Å². The van der Waals surface area contributed by atoms with Crippen LogP contribution in [0.15, 0.2) is 36.7 Å². The molecule has 6 rings (SSSR count). The number of aromatic nitrogens is 5. The van der Waals surface area contributed by atoms with E-state index in [1.807, 2.05) is 30.5 Å². The van der Waals surface area contributed by atoms with Gasteiger partial charge in [-0.25, -0.2) is 4.52 Å². The van der Waals surface area contributed by atoms with E-state index in [9.17, 15) is 0 Å². The number of nitriles is 1. The van der Waals surface area contributed by atoms with Crippen molar-refractivity contribution in [3.63, 3.8) is 0 Å². The van der Waals surface area contributed by atoms with Gasteiger partial charge in [0.2, 0.25) is 5.13 Å². The van der Waals surface area contributed by atoms with E-state index < -0.39 is 0 Å². The third-order valence-corrected chi connectivity index (χ3v) is 7.32. The summed E-state index contributed by atoms with van der Waals surface area (Å²) in [6.07, 6.45) is 5.72. The van der Waals surface area contributed by atoms with Gasteiger partial charge in [-0.05, 0) is 51.0 Å². The fraction of sp³-hybridized carbons (Fsp3) is 0.375. The monoisotopic (exact) mass is 472 g/mol. The summed E-state index contributed by atoms with van der Waals surface area (Å²) in [5, 5.41) is 28.0. The van der Waals surface area contributed by atoms with Crippen LogP contribution in [0.5, 0.6) is 0 Å². The van der Waals surface area contributed by atoms with Crippen molar-refractivity contribution in [2.75, 3.05) is 23.4 Å². The molecule has 2 aliphatic rings. The fourth-order valence-electron chi connectivity index (χ4n) is 4.82. The highest BCUT2D eigenvalue weighted by Gasteiger charge is 2.39. The van der Waals surface area contributed by atoms with Gasteiger partial charge in [0, 0.05) is 17.9 Å². The molecule has 172 valence electrons. The van der Waals surface area contributed by atoms with Crippen LogP contribution in [-0.2, 0) is 4.74 Å². The second-order valence-electron chi connectivity index (χ2n) is 9.04. The molecule has 0 radical (unpaired) electrons. The molecule has 4 aromatic rings. The zero-order valence-corrected chi connectivity index (χ0v) is 19.8. The lowest BCUT2D eigenvalue weighted by Gasteiger charge is -2.33. The number of nitrogens with zero attached hydrogens (tertiary/aromatic N) is 7. The Bertz CT molecular complexity index is 1390. The molecule has 0 aliphatic carbocycles. The van der Waals surface area contributed by atoms with Gasteiger partial charge in [0.25, 0.3) is 0 Å². The zero-order chi connectivity index (χ0) is 23.2. The van der Waals surface area contributed by atoms with Crippen LogP contribution in [0.4, 0.5) is 10.8 Å². The molecule has 2 saturated heterocycles. The standard InChI is InChI=1S/C24H24N8OS/c1-14(2)28-20-8-21(22-6-5-16-7-15(9-25)10-27-32(16)22)26-11-19(20)23-29-30-24(34-23)31-17-3-4-18(31)13-33-12-17/h5-8,10-11,14,17-18H,3-4,12-13H2,1-2H3,(H,26,28). The summed E-state index contributed by atoms with van der Waals surface area (Å²) in [5.41, 5.74) is 4.93. The lowest BCUT2D eigenvalue weighted by Crippen LogP contribution is -2.45. The molecule has 2 aliphatic heterocycles. The lowest BCUT2D eigenvalue weighted by atomic mass is 10.1. The minimum Gasteiger partial charge on any atom is -0.382 e. The maximum Gasteiger partial charge on any atom is 0.209 e. The molecule has 4 aromatic heterocycles. The summed E-state index contributed by atoms with van der Waals surface area (Å²) in [5.74, 6) is 0. The molecule has 2 bridgehead atoms. The molecule has 2 fully saturated rings. The maximum atomic E-state index is 9.16. The van der Waals surface area contributed by atoms with Crippen LogP contribution in [-0.4, -0.2) is 56.1 Å². The van der Waals surface area contributed by atoms with E-state index in [4.69, 9.17) is 15.0 Å². The van der Waals surface area contributed by atoms with Gasteiger partial charge in [-0.1, -0.05) is 11.3 Å². The molecule has 34 heavy (non-hydrogen) atoms. The number of fused-ring (bicyclic) bond motifs is 3. The summed E-state index contributed by atoms with van der Waals surface area (Å²) in [6, 6.07) is 10.9. The van der Waals surface area contributed by atoms with E-state index in [2.05, 4.69) is 45.4 Å². The Balaban J connectivity index is 1.38. The minimum absolute atomic E-state index is 0.233. The highest BCUT2D eigenvalue weighted by atomic mass is 32.1. The number of anilines is 2. The molecule has 0 saturated carbocycles. The summed E-state index contributed by atoms with van der Waals surface area (Å²) < 4.78 is 7.53. The van der Waals surface area contributed by atoms with Gasteiger partial charge in [0.1, 0.15) is 6.07 Å². The molecule has 2 atom stereocenters. The number of hydrogen-bond donors (Lipinski definition) is 1. The first kappa shape index (κ1) is 21.0. The number of rotatable bonds is 5. The van der Waals surface area contributed by atoms with Crippen molar-refractivity contribution in [1.82, 2.24) is 24.8 Å². The molecule has 0 aromatic carbocycles. The largest absolute Gasteiger partial charge is 0.382 e. The van der Waals surface area contributed by atoms with Crippen molar-refractivity contribution in [3.8, 4) is 28.0 Å². The zero-order valence-electron chi connectivity index (χ0n) is 19.0. The number of pyridine rings is 1. The highest BCUT2D eigenvalue weighted by molar-refractivity contribution is 7.18. The van der Waals surface area contributed by atoms with Crippen LogP contribution in [0.25, 0.3) is 27.5 Å². The van der Waals surface area contributed by atoms with Gasteiger partial charge >= 0.3 is 0 Å². The molecule has 10 heteroatoms. The predicted molar refractivity (Wildman–Crippen MR) is 131 cm³/mol. The van der Waals surface area contributed by atoms with Gasteiger partial charge in [-0.15, -0.1) is 10.2 Å². The summed E-state index contributed by atoms with van der Waals surface area (Å²) in [7, 11) is 0. The Labute approximate surface area is 201 Å². The fourth-order valence-corrected chi connectivity index (χ4v) is 5.83. The van der Waals surface area contributed by atoms with Crippen LogP contribution in [0, 0.1) is 11.3 Å². The predicted octanol–water partition coefficient (Wildman–Crippen LogP) is 3.97. The number of nitrogens with one attached hydrogen (secondary N) is 1. The number of ether oxygens (including phenoxy) is 1. The molecule has 0 amide bonds. The Morgan fingerprint density at radius 2 is 1.97 bits per heavy atom. The van der Waals surface area contributed by atoms with Gasteiger partial charge in [0.15, 0.2) is 5.01 Å². The van der Waals surface area contributed by atoms with Gasteiger partial charge in [0.05, 0.1) is 59.5 Å². The smallest absolute Gasteiger partial charge is 0.209 e. The maximum absolute atomic E-state index is 9.16. The number of hydrogen-bond acceptors (Lipinski definition) is 9. The van der Waals surface area contributed by atoms with E-state index >= 15 is 0 Å². The van der Waals surface area contributed by atoms with Gasteiger partial charge in [-0.2, -0.15) is 10.4 Å². The van der Waals surface area contributed by atoms with Crippen LogP contribution in [0.2, 0.25) is 0 Å². The van der Waals surface area contributed by atoms with Crippen molar-refractivity contribution in [1.29, 1.82) is 5.26 Å². The van der Waals surface area contributed by atoms with Crippen LogP contribution in [0.1, 0.15) is 32.3 Å². The van der Waals surface area contributed by atoms with E-state index in [-0.39, 0.29) is 6.04 Å². The quantitative estimate of drug-likeness (QED) is 0.465. The highest BCUT2D eigenvalue weighted by Crippen LogP contribution is 2.40. The Kier molecular flexibility index (Phi) is 5.16. The average Bonchev–Trinajstić information content (AvgIpc) is 3.54. The molecular formula is C24H24N8OS. The molecule has 9 nitrogen and oxygen atoms in total. The Hall–Kier alpha value is -3.55. The molecule has 0 spiro atoms. The van der Waals surface area contributed by atoms with Crippen molar-refractivity contribution < 1.29 is 4.74 Å². The molecule has 2 unspecified atom stereocenters. The van der Waals surface area contributed by atoms with E-state index in [0.29, 0.717) is 17.6 Å². The molecule has 1 N–H and O–H groups in total. The van der Waals surface area contributed by atoms with Crippen molar-refractivity contribution in [2.24, 2.45) is 0 Å². The Morgan fingerprint density at radius 3 is 2.74 bits per heavy atom. The van der Waals surface area contributed by atoms with Gasteiger partial charge in [-0.3, -0.25) is 4.98 Å². The van der Waals surface area contributed by atoms with Crippen molar-refractivity contribution in [3.05, 3.63) is 42.2 Å². The Morgan fingerprint density at radius 1 is 1.15 bits per heavy atom. The van der Waals surface area contributed by atoms with Crippen LogP contribution >= 0.6 is 11.3 Å². The average molecular weight is 473 g/mol. The van der Waals surface area contributed by atoms with E-state index in [1.54, 1.807) is 22.0 Å². The first-order valence-electron chi connectivity index (χ1n) is 11.5. The summed E-state index contributed by atoms with van der Waals surface area (Å²) >= 11 is 1.61. The van der Waals surface area contributed by atoms with Crippen LogP contribution in [0.3, 0.4) is 0 Å². The van der Waals surface area contributed by atoms with E-state index in [0.717, 1.165) is 64.3 Å². The minimum atomic E-state index is 0.233. The normalized spacial score (nSPS) is 19.6.